The zero-order valence-corrected chi connectivity index (χ0v) is 12.2. The predicted molar refractivity (Wildman–Crippen MR) is 78.4 cm³/mol. The SMILES string of the molecule is CCCC1CN=C(Nc2cc(C(F)(F)F)ccc2C)S1. The highest BCUT2D eigenvalue weighted by molar-refractivity contribution is 8.15. The molecule has 2 rings (SSSR count). The Morgan fingerprint density at radius 3 is 2.80 bits per heavy atom. The number of rotatable bonds is 3. The van der Waals surface area contributed by atoms with Gasteiger partial charge in [-0.25, -0.2) is 0 Å². The lowest BCUT2D eigenvalue weighted by Gasteiger charge is -2.13. The largest absolute Gasteiger partial charge is 0.416 e. The van der Waals surface area contributed by atoms with E-state index in [1.165, 1.54) is 6.07 Å². The number of anilines is 1. The maximum atomic E-state index is 12.7. The van der Waals surface area contributed by atoms with Crippen molar-refractivity contribution in [2.24, 2.45) is 4.99 Å². The number of nitrogens with zero attached hydrogens (tertiary/aromatic N) is 1. The molecule has 0 saturated carbocycles. The number of thioether (sulfide) groups is 1. The average Bonchev–Trinajstić information content (AvgIpc) is 2.78. The zero-order chi connectivity index (χ0) is 14.8. The molecule has 1 heterocycles. The van der Waals surface area contributed by atoms with Gasteiger partial charge in [-0.1, -0.05) is 31.2 Å². The van der Waals surface area contributed by atoms with E-state index >= 15 is 0 Å². The normalized spacial score (nSPS) is 19.1. The number of benzene rings is 1. The highest BCUT2D eigenvalue weighted by Gasteiger charge is 2.31. The van der Waals surface area contributed by atoms with Crippen LogP contribution in [0, 0.1) is 6.92 Å². The third-order valence-corrected chi connectivity index (χ3v) is 4.31. The van der Waals surface area contributed by atoms with Crippen LogP contribution in [-0.2, 0) is 6.18 Å². The molecule has 0 bridgehead atoms. The quantitative estimate of drug-likeness (QED) is 0.875. The van der Waals surface area contributed by atoms with Crippen molar-refractivity contribution >= 4 is 22.6 Å². The summed E-state index contributed by atoms with van der Waals surface area (Å²) in [4.78, 5) is 4.35. The molecule has 110 valence electrons. The van der Waals surface area contributed by atoms with Crippen LogP contribution < -0.4 is 5.32 Å². The summed E-state index contributed by atoms with van der Waals surface area (Å²) < 4.78 is 38.1. The molecule has 0 aromatic heterocycles. The smallest absolute Gasteiger partial charge is 0.335 e. The summed E-state index contributed by atoms with van der Waals surface area (Å²) in [5.74, 6) is 0. The van der Waals surface area contributed by atoms with Gasteiger partial charge in [0.1, 0.15) is 0 Å². The Bertz CT molecular complexity index is 512. The molecule has 1 aromatic carbocycles. The minimum absolute atomic E-state index is 0.439. The Balaban J connectivity index is 2.10. The van der Waals surface area contributed by atoms with E-state index in [1.54, 1.807) is 18.7 Å². The van der Waals surface area contributed by atoms with E-state index in [1.807, 2.05) is 0 Å². The summed E-state index contributed by atoms with van der Waals surface area (Å²) in [5.41, 5.74) is 0.614. The molecule has 1 aromatic rings. The minimum Gasteiger partial charge on any atom is -0.335 e. The molecule has 6 heteroatoms. The number of nitrogens with one attached hydrogen (secondary N) is 1. The highest BCUT2D eigenvalue weighted by Crippen LogP contribution is 2.33. The van der Waals surface area contributed by atoms with Crippen molar-refractivity contribution in [1.82, 2.24) is 0 Å². The van der Waals surface area contributed by atoms with Crippen molar-refractivity contribution in [1.29, 1.82) is 0 Å². The second-order valence-corrected chi connectivity index (χ2v) is 6.12. The van der Waals surface area contributed by atoms with Crippen molar-refractivity contribution in [2.75, 3.05) is 11.9 Å². The van der Waals surface area contributed by atoms with Gasteiger partial charge in [0.25, 0.3) is 0 Å². The first-order chi connectivity index (χ1) is 9.40. The van der Waals surface area contributed by atoms with Gasteiger partial charge in [-0.2, -0.15) is 13.2 Å². The standard InChI is InChI=1S/C14H17F3N2S/c1-3-4-11-8-18-13(20-11)19-12-7-10(14(15,16)17)6-5-9(12)2/h5-7,11H,3-4,8H2,1-2H3,(H,18,19). The van der Waals surface area contributed by atoms with Crippen molar-refractivity contribution in [3.63, 3.8) is 0 Å². The number of alkyl halides is 3. The Hall–Kier alpha value is -1.17. The molecule has 1 aliphatic rings. The lowest BCUT2D eigenvalue weighted by Crippen LogP contribution is -2.11. The Morgan fingerprint density at radius 2 is 2.15 bits per heavy atom. The number of hydrogen-bond donors (Lipinski definition) is 1. The van der Waals surface area contributed by atoms with E-state index in [2.05, 4.69) is 17.2 Å². The van der Waals surface area contributed by atoms with Crippen LogP contribution in [0.15, 0.2) is 23.2 Å². The highest BCUT2D eigenvalue weighted by atomic mass is 32.2. The van der Waals surface area contributed by atoms with Gasteiger partial charge < -0.3 is 5.32 Å². The molecule has 0 aliphatic carbocycles. The Kier molecular flexibility index (Phi) is 4.62. The van der Waals surface area contributed by atoms with Crippen LogP contribution in [0.1, 0.15) is 30.9 Å². The molecule has 1 N–H and O–H groups in total. The van der Waals surface area contributed by atoms with Crippen LogP contribution in [0.3, 0.4) is 0 Å². The summed E-state index contributed by atoms with van der Waals surface area (Å²) in [6, 6.07) is 3.73. The first-order valence-corrected chi connectivity index (χ1v) is 7.44. The maximum Gasteiger partial charge on any atom is 0.416 e. The van der Waals surface area contributed by atoms with Gasteiger partial charge in [0.2, 0.25) is 0 Å². The van der Waals surface area contributed by atoms with E-state index in [9.17, 15) is 13.2 Å². The second-order valence-electron chi connectivity index (χ2n) is 4.83. The van der Waals surface area contributed by atoms with Crippen LogP contribution >= 0.6 is 11.8 Å². The summed E-state index contributed by atoms with van der Waals surface area (Å²) in [6.45, 7) is 4.63. The molecule has 20 heavy (non-hydrogen) atoms. The van der Waals surface area contributed by atoms with Crippen LogP contribution in [0.5, 0.6) is 0 Å². The van der Waals surface area contributed by atoms with Gasteiger partial charge >= 0.3 is 6.18 Å². The van der Waals surface area contributed by atoms with E-state index in [4.69, 9.17) is 0 Å². The maximum absolute atomic E-state index is 12.7. The van der Waals surface area contributed by atoms with Crippen molar-refractivity contribution in [3.05, 3.63) is 29.3 Å². The average molecular weight is 302 g/mol. The van der Waals surface area contributed by atoms with Crippen LogP contribution in [0.4, 0.5) is 18.9 Å². The minimum atomic E-state index is -4.32. The molecule has 1 aliphatic heterocycles. The molecular formula is C14H17F3N2S. The fourth-order valence-corrected chi connectivity index (χ4v) is 3.14. The van der Waals surface area contributed by atoms with Crippen LogP contribution in [-0.4, -0.2) is 17.0 Å². The number of amidine groups is 1. The number of aliphatic imine (C=N–C) groups is 1. The lowest BCUT2D eigenvalue weighted by atomic mass is 10.1. The predicted octanol–water partition coefficient (Wildman–Crippen LogP) is 4.70. The molecule has 0 spiro atoms. The molecule has 1 unspecified atom stereocenters. The number of halogens is 3. The monoisotopic (exact) mass is 302 g/mol. The van der Waals surface area contributed by atoms with Crippen molar-refractivity contribution in [2.45, 2.75) is 38.1 Å². The Morgan fingerprint density at radius 1 is 1.40 bits per heavy atom. The molecule has 0 radical (unpaired) electrons. The fourth-order valence-electron chi connectivity index (χ4n) is 2.01. The Labute approximate surface area is 120 Å². The van der Waals surface area contributed by atoms with E-state index in [0.717, 1.165) is 37.1 Å². The summed E-state index contributed by atoms with van der Waals surface area (Å²) in [5, 5.41) is 4.18. The lowest BCUT2D eigenvalue weighted by molar-refractivity contribution is -0.137. The fraction of sp³-hybridized carbons (Fsp3) is 0.500. The van der Waals surface area contributed by atoms with Gasteiger partial charge in [0.05, 0.1) is 12.1 Å². The third kappa shape index (κ3) is 3.69. The van der Waals surface area contributed by atoms with E-state index in [0.29, 0.717) is 16.1 Å². The molecule has 0 saturated heterocycles. The zero-order valence-electron chi connectivity index (χ0n) is 11.4. The van der Waals surface area contributed by atoms with Gasteiger partial charge in [-0.05, 0) is 31.0 Å². The summed E-state index contributed by atoms with van der Waals surface area (Å²) in [7, 11) is 0. The number of hydrogen-bond acceptors (Lipinski definition) is 3. The van der Waals surface area contributed by atoms with Crippen LogP contribution in [0.25, 0.3) is 0 Å². The molecule has 0 fully saturated rings. The van der Waals surface area contributed by atoms with Gasteiger partial charge in [0, 0.05) is 10.9 Å². The summed E-state index contributed by atoms with van der Waals surface area (Å²) >= 11 is 1.61. The first kappa shape index (κ1) is 15.2. The van der Waals surface area contributed by atoms with E-state index < -0.39 is 11.7 Å². The van der Waals surface area contributed by atoms with Crippen molar-refractivity contribution in [3.8, 4) is 0 Å². The topological polar surface area (TPSA) is 24.4 Å². The van der Waals surface area contributed by atoms with Gasteiger partial charge in [0.15, 0.2) is 5.17 Å². The number of aryl methyl sites for hydroxylation is 1. The van der Waals surface area contributed by atoms with Gasteiger partial charge in [-0.15, -0.1) is 0 Å². The second kappa shape index (κ2) is 6.08. The van der Waals surface area contributed by atoms with E-state index in [-0.39, 0.29) is 0 Å². The molecule has 2 nitrogen and oxygen atoms in total. The molecule has 0 amide bonds. The third-order valence-electron chi connectivity index (χ3n) is 3.13. The van der Waals surface area contributed by atoms with Crippen molar-refractivity contribution < 1.29 is 13.2 Å². The molecular weight excluding hydrogens is 285 g/mol. The summed E-state index contributed by atoms with van der Waals surface area (Å²) in [6.07, 6.45) is -2.16. The first-order valence-electron chi connectivity index (χ1n) is 6.56. The van der Waals surface area contributed by atoms with Crippen LogP contribution in [0.2, 0.25) is 0 Å². The van der Waals surface area contributed by atoms with Gasteiger partial charge in [-0.3, -0.25) is 4.99 Å². The molecule has 1 atom stereocenters.